The summed E-state index contributed by atoms with van der Waals surface area (Å²) < 4.78 is 0. The van der Waals surface area contributed by atoms with Gasteiger partial charge in [0, 0.05) is 28.8 Å². The van der Waals surface area contributed by atoms with E-state index < -0.39 is 0 Å². The lowest BCUT2D eigenvalue weighted by Crippen LogP contribution is -2.39. The third-order valence-corrected chi connectivity index (χ3v) is 4.65. The van der Waals surface area contributed by atoms with Gasteiger partial charge in [0.2, 0.25) is 0 Å². The van der Waals surface area contributed by atoms with Crippen LogP contribution in [0.4, 0.5) is 10.5 Å². The minimum absolute atomic E-state index is 0.0867. The Morgan fingerprint density at radius 2 is 1.81 bits per heavy atom. The van der Waals surface area contributed by atoms with Gasteiger partial charge in [0.05, 0.1) is 5.69 Å². The zero-order chi connectivity index (χ0) is 19.6. The van der Waals surface area contributed by atoms with Crippen LogP contribution < -0.4 is 16.0 Å². The van der Waals surface area contributed by atoms with Gasteiger partial charge in [-0.3, -0.25) is 4.79 Å². The molecule has 0 atom stereocenters. The van der Waals surface area contributed by atoms with Crippen molar-refractivity contribution in [3.63, 3.8) is 0 Å². The van der Waals surface area contributed by atoms with Crippen molar-refractivity contribution in [3.8, 4) is 0 Å². The zero-order valence-electron chi connectivity index (χ0n) is 15.6. The van der Waals surface area contributed by atoms with Gasteiger partial charge in [0.1, 0.15) is 0 Å². The summed E-state index contributed by atoms with van der Waals surface area (Å²) in [7, 11) is 0. The number of amides is 3. The molecule has 0 radical (unpaired) electrons. The average molecular weight is 384 g/mol. The smallest absolute Gasteiger partial charge is 0.315 e. The molecule has 0 fully saturated rings. The number of thioether (sulfide) groups is 1. The van der Waals surface area contributed by atoms with E-state index >= 15 is 0 Å². The molecule has 0 heterocycles. The van der Waals surface area contributed by atoms with E-state index in [0.29, 0.717) is 12.1 Å². The topological polar surface area (TPSA) is 70.2 Å². The molecule has 0 aliphatic heterocycles. The van der Waals surface area contributed by atoms with E-state index in [4.69, 9.17) is 0 Å². The van der Waals surface area contributed by atoms with Crippen molar-refractivity contribution >= 4 is 29.4 Å². The largest absolute Gasteiger partial charge is 0.336 e. The van der Waals surface area contributed by atoms with Gasteiger partial charge in [-0.1, -0.05) is 30.3 Å². The Bertz CT molecular complexity index is 788. The number of benzene rings is 2. The van der Waals surface area contributed by atoms with Crippen LogP contribution in [-0.2, 0) is 6.54 Å². The van der Waals surface area contributed by atoms with Crippen molar-refractivity contribution < 1.29 is 9.59 Å². The highest BCUT2D eigenvalue weighted by Gasteiger charge is 2.09. The van der Waals surface area contributed by atoms with E-state index in [1.807, 2.05) is 56.3 Å². The van der Waals surface area contributed by atoms with E-state index in [1.165, 1.54) is 0 Å². The number of anilines is 1. The van der Waals surface area contributed by atoms with Crippen molar-refractivity contribution in [2.45, 2.75) is 31.3 Å². The molecule has 3 N–H and O–H groups in total. The first-order valence-electron chi connectivity index (χ1n) is 8.77. The molecule has 5 nitrogen and oxygen atoms in total. The number of hydrogen-bond acceptors (Lipinski definition) is 3. The van der Waals surface area contributed by atoms with Crippen molar-refractivity contribution in [1.29, 1.82) is 0 Å². The Hall–Kier alpha value is -2.73. The van der Waals surface area contributed by atoms with Crippen LogP contribution in [-0.4, -0.2) is 23.7 Å². The van der Waals surface area contributed by atoms with Gasteiger partial charge in [-0.05, 0) is 43.7 Å². The number of rotatable bonds is 8. The predicted octanol–water partition coefficient (Wildman–Crippen LogP) is 4.42. The quantitative estimate of drug-likeness (QED) is 0.467. The molecule has 0 saturated carbocycles. The monoisotopic (exact) mass is 383 g/mol. The molecular formula is C21H25N3O2S. The first-order valence-corrected chi connectivity index (χ1v) is 9.75. The van der Waals surface area contributed by atoms with Crippen LogP contribution in [0.5, 0.6) is 0 Å². The van der Waals surface area contributed by atoms with Gasteiger partial charge in [-0.15, -0.1) is 18.3 Å². The van der Waals surface area contributed by atoms with Gasteiger partial charge in [0.15, 0.2) is 0 Å². The normalized spacial score (nSPS) is 10.3. The van der Waals surface area contributed by atoms with Crippen molar-refractivity contribution in [2.75, 3.05) is 11.1 Å². The second-order valence-corrected chi connectivity index (χ2v) is 7.29. The number of carbonyl (C=O) groups excluding carboxylic acids is 2. The summed E-state index contributed by atoms with van der Waals surface area (Å²) in [5.74, 6) is 0.609. The fourth-order valence-corrected chi connectivity index (χ4v) is 3.06. The van der Waals surface area contributed by atoms with Crippen LogP contribution in [0.25, 0.3) is 0 Å². The van der Waals surface area contributed by atoms with E-state index in [-0.39, 0.29) is 18.0 Å². The molecule has 2 aromatic rings. The Morgan fingerprint density at radius 3 is 2.48 bits per heavy atom. The van der Waals surface area contributed by atoms with Gasteiger partial charge < -0.3 is 16.0 Å². The summed E-state index contributed by atoms with van der Waals surface area (Å²) in [5, 5.41) is 8.50. The molecule has 2 rings (SSSR count). The number of hydrogen-bond donors (Lipinski definition) is 3. The molecule has 2 aromatic carbocycles. The Balaban J connectivity index is 1.96. The fraction of sp³-hybridized carbons (Fsp3) is 0.238. The SMILES string of the molecule is C=CCSc1ccccc1NC(=O)c1ccc(CNC(=O)NC(C)C)cc1. The summed E-state index contributed by atoms with van der Waals surface area (Å²) in [6.07, 6.45) is 1.83. The summed E-state index contributed by atoms with van der Waals surface area (Å²) >= 11 is 1.62. The highest BCUT2D eigenvalue weighted by Crippen LogP contribution is 2.27. The van der Waals surface area contributed by atoms with Gasteiger partial charge >= 0.3 is 6.03 Å². The molecule has 0 saturated heterocycles. The summed E-state index contributed by atoms with van der Waals surface area (Å²) in [6.45, 7) is 7.94. The highest BCUT2D eigenvalue weighted by atomic mass is 32.2. The maximum Gasteiger partial charge on any atom is 0.315 e. The first kappa shape index (κ1) is 20.6. The number of carbonyl (C=O) groups is 2. The van der Waals surface area contributed by atoms with Gasteiger partial charge in [-0.2, -0.15) is 0 Å². The second kappa shape index (κ2) is 10.4. The summed E-state index contributed by atoms with van der Waals surface area (Å²) in [5.41, 5.74) is 2.27. The zero-order valence-corrected chi connectivity index (χ0v) is 16.4. The minimum Gasteiger partial charge on any atom is -0.336 e. The molecule has 0 aliphatic rings. The Labute approximate surface area is 164 Å². The van der Waals surface area contributed by atoms with Crippen LogP contribution in [0.2, 0.25) is 0 Å². The van der Waals surface area contributed by atoms with Gasteiger partial charge in [0.25, 0.3) is 5.91 Å². The van der Waals surface area contributed by atoms with Crippen molar-refractivity contribution in [3.05, 3.63) is 72.3 Å². The molecule has 6 heteroatoms. The van der Waals surface area contributed by atoms with Crippen LogP contribution in [0.15, 0.2) is 66.1 Å². The van der Waals surface area contributed by atoms with Crippen molar-refractivity contribution in [1.82, 2.24) is 10.6 Å². The van der Waals surface area contributed by atoms with E-state index in [0.717, 1.165) is 21.9 Å². The number of urea groups is 1. The van der Waals surface area contributed by atoms with E-state index in [9.17, 15) is 9.59 Å². The van der Waals surface area contributed by atoms with Crippen LogP contribution in [0.1, 0.15) is 29.8 Å². The lowest BCUT2D eigenvalue weighted by atomic mass is 10.1. The molecule has 3 amide bonds. The standard InChI is InChI=1S/C21H25N3O2S/c1-4-13-27-19-8-6-5-7-18(19)24-20(25)17-11-9-16(10-12-17)14-22-21(26)23-15(2)3/h4-12,15H,1,13-14H2,2-3H3,(H,24,25)(H2,22,23,26). The van der Waals surface area contributed by atoms with Crippen LogP contribution in [0, 0.1) is 0 Å². The molecular weight excluding hydrogens is 358 g/mol. The first-order chi connectivity index (χ1) is 13.0. The molecule has 0 aliphatic carbocycles. The third-order valence-electron chi connectivity index (χ3n) is 3.58. The van der Waals surface area contributed by atoms with Crippen molar-refractivity contribution in [2.24, 2.45) is 0 Å². The molecule has 0 bridgehead atoms. The second-order valence-electron chi connectivity index (χ2n) is 6.23. The fourth-order valence-electron chi connectivity index (χ4n) is 2.31. The summed E-state index contributed by atoms with van der Waals surface area (Å²) in [4.78, 5) is 25.1. The summed E-state index contributed by atoms with van der Waals surface area (Å²) in [6, 6.07) is 14.8. The maximum atomic E-state index is 12.5. The number of nitrogens with one attached hydrogen (secondary N) is 3. The number of para-hydroxylation sites is 1. The Morgan fingerprint density at radius 1 is 1.11 bits per heavy atom. The predicted molar refractivity (Wildman–Crippen MR) is 112 cm³/mol. The third kappa shape index (κ3) is 6.83. The molecule has 142 valence electrons. The molecule has 27 heavy (non-hydrogen) atoms. The molecule has 0 unspecified atom stereocenters. The highest BCUT2D eigenvalue weighted by molar-refractivity contribution is 7.99. The van der Waals surface area contributed by atoms with Crippen LogP contribution >= 0.6 is 11.8 Å². The Kier molecular flexibility index (Phi) is 7.95. The van der Waals surface area contributed by atoms with E-state index in [2.05, 4.69) is 22.5 Å². The molecule has 0 spiro atoms. The average Bonchev–Trinajstić information content (AvgIpc) is 2.65. The van der Waals surface area contributed by atoms with Crippen LogP contribution in [0.3, 0.4) is 0 Å². The lowest BCUT2D eigenvalue weighted by molar-refractivity contribution is 0.102. The molecule has 0 aromatic heterocycles. The van der Waals surface area contributed by atoms with Gasteiger partial charge in [-0.25, -0.2) is 4.79 Å². The van der Waals surface area contributed by atoms with E-state index in [1.54, 1.807) is 23.9 Å². The minimum atomic E-state index is -0.208. The lowest BCUT2D eigenvalue weighted by Gasteiger charge is -2.11. The maximum absolute atomic E-state index is 12.5.